The van der Waals surface area contributed by atoms with Gasteiger partial charge in [-0.1, -0.05) is 17.7 Å². The largest absolute Gasteiger partial charge is 0.325 e. The molecule has 0 fully saturated rings. The topological polar surface area (TPSA) is 26.0 Å². The highest BCUT2D eigenvalue weighted by molar-refractivity contribution is 7.99. The van der Waals surface area contributed by atoms with E-state index in [1.807, 2.05) is 11.8 Å². The summed E-state index contributed by atoms with van der Waals surface area (Å²) in [5, 5.41) is 0. The number of rotatable bonds is 3. The summed E-state index contributed by atoms with van der Waals surface area (Å²) in [6.45, 7) is 10.6. The number of hydrogen-bond donors (Lipinski definition) is 1. The van der Waals surface area contributed by atoms with Crippen molar-refractivity contribution in [2.45, 2.75) is 45.1 Å². The summed E-state index contributed by atoms with van der Waals surface area (Å²) in [4.78, 5) is 1.39. The molecule has 0 saturated carbocycles. The van der Waals surface area contributed by atoms with Gasteiger partial charge in [0.2, 0.25) is 0 Å². The molecule has 1 nitrogen and oxygen atoms in total. The summed E-state index contributed by atoms with van der Waals surface area (Å²) in [5.41, 5.74) is 9.95. The van der Waals surface area contributed by atoms with Crippen molar-refractivity contribution in [2.75, 3.05) is 5.75 Å². The summed E-state index contributed by atoms with van der Waals surface area (Å²) < 4.78 is 0. The van der Waals surface area contributed by atoms with Gasteiger partial charge in [0.15, 0.2) is 0 Å². The lowest BCUT2D eigenvalue weighted by Gasteiger charge is -2.19. The smallest absolute Gasteiger partial charge is 0.0192 e. The Kier molecular flexibility index (Phi) is 3.85. The molecule has 84 valence electrons. The summed E-state index contributed by atoms with van der Waals surface area (Å²) in [6.07, 6.45) is 0. The van der Waals surface area contributed by atoms with Crippen molar-refractivity contribution in [3.8, 4) is 0 Å². The molecule has 0 aromatic heterocycles. The molecule has 0 unspecified atom stereocenters. The Balaban J connectivity index is 2.86. The van der Waals surface area contributed by atoms with Gasteiger partial charge >= 0.3 is 0 Å². The second-order valence-electron chi connectivity index (χ2n) is 5.01. The fourth-order valence-corrected chi connectivity index (χ4v) is 2.74. The minimum Gasteiger partial charge on any atom is -0.325 e. The van der Waals surface area contributed by atoms with E-state index in [2.05, 4.69) is 46.8 Å². The first kappa shape index (κ1) is 12.6. The van der Waals surface area contributed by atoms with Crippen molar-refractivity contribution >= 4 is 11.8 Å². The van der Waals surface area contributed by atoms with Crippen LogP contribution in [0.25, 0.3) is 0 Å². The van der Waals surface area contributed by atoms with Crippen LogP contribution in [0.15, 0.2) is 17.0 Å². The van der Waals surface area contributed by atoms with Crippen LogP contribution in [-0.4, -0.2) is 11.3 Å². The van der Waals surface area contributed by atoms with Crippen molar-refractivity contribution in [3.63, 3.8) is 0 Å². The molecule has 0 heterocycles. The molecule has 1 aromatic rings. The van der Waals surface area contributed by atoms with Crippen LogP contribution in [0, 0.1) is 20.8 Å². The average Bonchev–Trinajstić information content (AvgIpc) is 1.99. The van der Waals surface area contributed by atoms with Gasteiger partial charge in [0.1, 0.15) is 0 Å². The average molecular weight is 223 g/mol. The number of hydrogen-bond acceptors (Lipinski definition) is 2. The SMILES string of the molecule is Cc1cc(C)c(SCC(C)(C)N)c(C)c1. The van der Waals surface area contributed by atoms with Gasteiger partial charge in [-0.15, -0.1) is 11.8 Å². The van der Waals surface area contributed by atoms with E-state index in [-0.39, 0.29) is 5.54 Å². The highest BCUT2D eigenvalue weighted by Crippen LogP contribution is 2.29. The van der Waals surface area contributed by atoms with E-state index in [1.165, 1.54) is 21.6 Å². The number of thioether (sulfide) groups is 1. The fourth-order valence-electron chi connectivity index (χ4n) is 1.65. The van der Waals surface area contributed by atoms with E-state index >= 15 is 0 Å². The van der Waals surface area contributed by atoms with Crippen LogP contribution in [0.5, 0.6) is 0 Å². The normalized spacial score (nSPS) is 11.9. The quantitative estimate of drug-likeness (QED) is 0.794. The van der Waals surface area contributed by atoms with Crippen LogP contribution in [0.2, 0.25) is 0 Å². The van der Waals surface area contributed by atoms with Gasteiger partial charge in [0.25, 0.3) is 0 Å². The monoisotopic (exact) mass is 223 g/mol. The van der Waals surface area contributed by atoms with E-state index in [0.29, 0.717) is 0 Å². The van der Waals surface area contributed by atoms with E-state index < -0.39 is 0 Å². The minimum absolute atomic E-state index is 0.103. The molecule has 1 rings (SSSR count). The number of aryl methyl sites for hydroxylation is 3. The van der Waals surface area contributed by atoms with Gasteiger partial charge in [-0.2, -0.15) is 0 Å². The molecule has 2 N–H and O–H groups in total. The molecular formula is C13H21NS. The first-order valence-corrected chi connectivity index (χ1v) is 6.28. The summed E-state index contributed by atoms with van der Waals surface area (Å²) in [7, 11) is 0. The molecule has 0 bridgehead atoms. The van der Waals surface area contributed by atoms with Crippen LogP contribution in [0.1, 0.15) is 30.5 Å². The maximum Gasteiger partial charge on any atom is 0.0192 e. The lowest BCUT2D eigenvalue weighted by Crippen LogP contribution is -2.34. The van der Waals surface area contributed by atoms with Gasteiger partial charge in [0.05, 0.1) is 0 Å². The Bertz CT molecular complexity index is 327. The molecule has 0 radical (unpaired) electrons. The van der Waals surface area contributed by atoms with Crippen LogP contribution >= 0.6 is 11.8 Å². The Morgan fingerprint density at radius 3 is 2.00 bits per heavy atom. The fraction of sp³-hybridized carbons (Fsp3) is 0.538. The highest BCUT2D eigenvalue weighted by Gasteiger charge is 2.13. The Morgan fingerprint density at radius 1 is 1.13 bits per heavy atom. The van der Waals surface area contributed by atoms with Crippen LogP contribution < -0.4 is 5.73 Å². The first-order chi connectivity index (χ1) is 6.79. The molecule has 0 aliphatic heterocycles. The van der Waals surface area contributed by atoms with Crippen LogP contribution in [-0.2, 0) is 0 Å². The van der Waals surface area contributed by atoms with E-state index in [4.69, 9.17) is 5.73 Å². The third-order valence-electron chi connectivity index (χ3n) is 2.19. The maximum atomic E-state index is 5.99. The van der Waals surface area contributed by atoms with Crippen molar-refractivity contribution in [1.29, 1.82) is 0 Å². The van der Waals surface area contributed by atoms with Gasteiger partial charge in [-0.3, -0.25) is 0 Å². The number of benzene rings is 1. The Morgan fingerprint density at radius 2 is 1.60 bits per heavy atom. The lowest BCUT2D eigenvalue weighted by molar-refractivity contribution is 0.591. The van der Waals surface area contributed by atoms with E-state index in [9.17, 15) is 0 Å². The molecule has 1 aromatic carbocycles. The summed E-state index contributed by atoms with van der Waals surface area (Å²) >= 11 is 1.86. The molecule has 0 aliphatic carbocycles. The molecule has 0 spiro atoms. The third kappa shape index (κ3) is 3.88. The second-order valence-corrected chi connectivity index (χ2v) is 5.99. The van der Waals surface area contributed by atoms with Gasteiger partial charge in [-0.25, -0.2) is 0 Å². The van der Waals surface area contributed by atoms with Crippen molar-refractivity contribution < 1.29 is 0 Å². The number of nitrogens with two attached hydrogens (primary N) is 1. The van der Waals surface area contributed by atoms with E-state index in [1.54, 1.807) is 0 Å². The van der Waals surface area contributed by atoms with Gasteiger partial charge < -0.3 is 5.73 Å². The maximum absolute atomic E-state index is 5.99. The second kappa shape index (κ2) is 4.58. The molecular weight excluding hydrogens is 202 g/mol. The minimum atomic E-state index is -0.103. The predicted molar refractivity (Wildman–Crippen MR) is 69.6 cm³/mol. The molecule has 0 amide bonds. The zero-order valence-corrected chi connectivity index (χ0v) is 11.2. The highest BCUT2D eigenvalue weighted by atomic mass is 32.2. The van der Waals surface area contributed by atoms with Gasteiger partial charge in [-0.05, 0) is 45.7 Å². The van der Waals surface area contributed by atoms with E-state index in [0.717, 1.165) is 5.75 Å². The lowest BCUT2D eigenvalue weighted by atomic mass is 10.1. The zero-order valence-electron chi connectivity index (χ0n) is 10.3. The molecule has 0 atom stereocenters. The van der Waals surface area contributed by atoms with Gasteiger partial charge in [0, 0.05) is 16.2 Å². The molecule has 2 heteroatoms. The summed E-state index contributed by atoms with van der Waals surface area (Å²) in [6, 6.07) is 4.47. The molecule has 0 aliphatic rings. The third-order valence-corrected chi connectivity index (χ3v) is 4.01. The van der Waals surface area contributed by atoms with Crippen LogP contribution in [0.3, 0.4) is 0 Å². The van der Waals surface area contributed by atoms with Crippen molar-refractivity contribution in [3.05, 3.63) is 28.8 Å². The Hall–Kier alpha value is -0.470. The standard InChI is InChI=1S/C13H21NS/c1-9-6-10(2)12(11(3)7-9)15-8-13(4,5)14/h6-7H,8,14H2,1-5H3. The summed E-state index contributed by atoms with van der Waals surface area (Å²) in [5.74, 6) is 0.956. The van der Waals surface area contributed by atoms with Crippen LogP contribution in [0.4, 0.5) is 0 Å². The molecule has 0 saturated heterocycles. The predicted octanol–water partition coefficient (Wildman–Crippen LogP) is 3.44. The van der Waals surface area contributed by atoms with Crippen molar-refractivity contribution in [1.82, 2.24) is 0 Å². The van der Waals surface area contributed by atoms with Crippen molar-refractivity contribution in [2.24, 2.45) is 5.73 Å². The molecule has 15 heavy (non-hydrogen) atoms. The Labute approximate surface area is 97.4 Å². The zero-order chi connectivity index (χ0) is 11.6. The first-order valence-electron chi connectivity index (χ1n) is 5.29.